The summed E-state index contributed by atoms with van der Waals surface area (Å²) in [6, 6.07) is 7.69. The van der Waals surface area contributed by atoms with Crippen molar-refractivity contribution in [2.24, 2.45) is 0 Å². The third kappa shape index (κ3) is 3.62. The summed E-state index contributed by atoms with van der Waals surface area (Å²) in [4.78, 5) is 15.6. The van der Waals surface area contributed by atoms with Crippen LogP contribution in [0, 0.1) is 6.92 Å². The first-order valence-corrected chi connectivity index (χ1v) is 9.34. The SMILES string of the molecule is CC(=O)Nc1cccc(-n2c(SCc3nc(C)no3)nnc2C2CC2)c1. The van der Waals surface area contributed by atoms with Gasteiger partial charge >= 0.3 is 0 Å². The average Bonchev–Trinajstić information content (AvgIpc) is 3.23. The predicted octanol–water partition coefficient (Wildman–Crippen LogP) is 3.09. The molecule has 4 rings (SSSR count). The van der Waals surface area contributed by atoms with Gasteiger partial charge in [0.25, 0.3) is 0 Å². The number of aryl methyl sites for hydroxylation is 1. The van der Waals surface area contributed by atoms with Crippen molar-refractivity contribution < 1.29 is 9.32 Å². The first kappa shape index (κ1) is 16.8. The van der Waals surface area contributed by atoms with Crippen LogP contribution in [0.1, 0.15) is 43.2 Å². The fraction of sp³-hybridized carbons (Fsp3) is 0.353. The summed E-state index contributed by atoms with van der Waals surface area (Å²) in [6.07, 6.45) is 2.24. The predicted molar refractivity (Wildman–Crippen MR) is 96.2 cm³/mol. The first-order valence-electron chi connectivity index (χ1n) is 8.35. The van der Waals surface area contributed by atoms with E-state index in [9.17, 15) is 4.79 Å². The largest absolute Gasteiger partial charge is 0.338 e. The molecule has 1 fully saturated rings. The number of carbonyl (C=O) groups excluding carboxylic acids is 1. The van der Waals surface area contributed by atoms with Crippen molar-refractivity contribution in [3.05, 3.63) is 41.8 Å². The minimum atomic E-state index is -0.102. The van der Waals surface area contributed by atoms with Crippen LogP contribution in [0.15, 0.2) is 33.9 Å². The molecule has 2 aromatic heterocycles. The van der Waals surface area contributed by atoms with Gasteiger partial charge in [-0.25, -0.2) is 0 Å². The lowest BCUT2D eigenvalue weighted by Crippen LogP contribution is -2.07. The van der Waals surface area contributed by atoms with E-state index in [2.05, 4.69) is 30.2 Å². The molecule has 9 heteroatoms. The second-order valence-electron chi connectivity index (χ2n) is 6.21. The van der Waals surface area contributed by atoms with Crippen LogP contribution in [0.2, 0.25) is 0 Å². The molecule has 134 valence electrons. The van der Waals surface area contributed by atoms with E-state index in [1.54, 1.807) is 6.92 Å². The number of thioether (sulfide) groups is 1. The van der Waals surface area contributed by atoms with Gasteiger partial charge in [0.1, 0.15) is 5.82 Å². The number of nitrogens with one attached hydrogen (secondary N) is 1. The molecule has 1 amide bonds. The van der Waals surface area contributed by atoms with E-state index < -0.39 is 0 Å². The fourth-order valence-electron chi connectivity index (χ4n) is 2.67. The summed E-state index contributed by atoms with van der Waals surface area (Å²) in [6.45, 7) is 3.29. The van der Waals surface area contributed by atoms with Gasteiger partial charge in [0.2, 0.25) is 11.8 Å². The zero-order chi connectivity index (χ0) is 18.1. The minimum Gasteiger partial charge on any atom is -0.338 e. The molecule has 3 aromatic rings. The second kappa shape index (κ2) is 6.91. The number of anilines is 1. The maximum Gasteiger partial charge on any atom is 0.237 e. The van der Waals surface area contributed by atoms with Gasteiger partial charge in [-0.15, -0.1) is 10.2 Å². The highest BCUT2D eigenvalue weighted by molar-refractivity contribution is 7.98. The van der Waals surface area contributed by atoms with Crippen LogP contribution in [0.5, 0.6) is 0 Å². The van der Waals surface area contributed by atoms with Crippen molar-refractivity contribution in [3.8, 4) is 5.69 Å². The number of rotatable bonds is 6. The number of aromatic nitrogens is 5. The number of carbonyl (C=O) groups is 1. The van der Waals surface area contributed by atoms with Gasteiger partial charge in [-0.1, -0.05) is 23.0 Å². The maximum absolute atomic E-state index is 11.4. The molecule has 1 aliphatic rings. The Labute approximate surface area is 154 Å². The quantitative estimate of drug-likeness (QED) is 0.666. The molecule has 8 nitrogen and oxygen atoms in total. The topological polar surface area (TPSA) is 98.7 Å². The van der Waals surface area contributed by atoms with Crippen molar-refractivity contribution in [1.29, 1.82) is 0 Å². The van der Waals surface area contributed by atoms with Gasteiger partial charge in [-0.3, -0.25) is 9.36 Å². The minimum absolute atomic E-state index is 0.102. The van der Waals surface area contributed by atoms with Gasteiger partial charge in [-0.05, 0) is 38.0 Å². The summed E-state index contributed by atoms with van der Waals surface area (Å²) in [5, 5.41) is 16.2. The van der Waals surface area contributed by atoms with Crippen molar-refractivity contribution >= 4 is 23.4 Å². The van der Waals surface area contributed by atoms with E-state index in [0.29, 0.717) is 23.4 Å². The Balaban J connectivity index is 1.65. The van der Waals surface area contributed by atoms with Crippen molar-refractivity contribution in [1.82, 2.24) is 24.9 Å². The number of hydrogen-bond donors (Lipinski definition) is 1. The fourth-order valence-corrected chi connectivity index (χ4v) is 3.47. The number of amides is 1. The van der Waals surface area contributed by atoms with E-state index in [0.717, 1.165) is 35.2 Å². The van der Waals surface area contributed by atoms with Crippen molar-refractivity contribution in [3.63, 3.8) is 0 Å². The second-order valence-corrected chi connectivity index (χ2v) is 7.15. The lowest BCUT2D eigenvalue weighted by molar-refractivity contribution is -0.114. The van der Waals surface area contributed by atoms with Gasteiger partial charge < -0.3 is 9.84 Å². The molecule has 1 N–H and O–H groups in total. The lowest BCUT2D eigenvalue weighted by Gasteiger charge is -2.11. The van der Waals surface area contributed by atoms with Gasteiger partial charge in [0, 0.05) is 18.5 Å². The molecule has 0 spiro atoms. The molecule has 26 heavy (non-hydrogen) atoms. The summed E-state index contributed by atoms with van der Waals surface area (Å²) in [5.41, 5.74) is 1.67. The molecule has 0 atom stereocenters. The van der Waals surface area contributed by atoms with Crippen LogP contribution in [0.25, 0.3) is 5.69 Å². The highest BCUT2D eigenvalue weighted by Crippen LogP contribution is 2.41. The summed E-state index contributed by atoms with van der Waals surface area (Å²) in [5.74, 6) is 2.98. The first-order chi connectivity index (χ1) is 12.6. The highest BCUT2D eigenvalue weighted by Gasteiger charge is 2.31. The van der Waals surface area contributed by atoms with Crippen LogP contribution in [0.3, 0.4) is 0 Å². The molecule has 0 bridgehead atoms. The zero-order valence-electron chi connectivity index (χ0n) is 14.5. The van der Waals surface area contributed by atoms with E-state index in [1.807, 2.05) is 24.3 Å². The third-order valence-electron chi connectivity index (χ3n) is 3.92. The molecule has 0 saturated heterocycles. The molecule has 0 unspecified atom stereocenters. The molecule has 1 saturated carbocycles. The van der Waals surface area contributed by atoms with E-state index >= 15 is 0 Å². The third-order valence-corrected chi connectivity index (χ3v) is 4.83. The lowest BCUT2D eigenvalue weighted by atomic mass is 10.2. The molecule has 1 aromatic carbocycles. The van der Waals surface area contributed by atoms with Crippen LogP contribution in [-0.2, 0) is 10.5 Å². The molecule has 0 aliphatic heterocycles. The van der Waals surface area contributed by atoms with Gasteiger partial charge in [0.15, 0.2) is 11.0 Å². The van der Waals surface area contributed by atoms with Crippen molar-refractivity contribution in [2.45, 2.75) is 43.5 Å². The normalized spacial score (nSPS) is 13.8. The Hall–Kier alpha value is -2.68. The maximum atomic E-state index is 11.4. The standard InChI is InChI=1S/C17H18N6O2S/c1-10-18-15(25-22-10)9-26-17-21-20-16(12-6-7-12)23(17)14-5-3-4-13(8-14)19-11(2)24/h3-5,8,12H,6-7,9H2,1-2H3,(H,19,24). The summed E-state index contributed by atoms with van der Waals surface area (Å²) < 4.78 is 7.23. The van der Waals surface area contributed by atoms with E-state index in [4.69, 9.17) is 4.52 Å². The molecule has 1 aliphatic carbocycles. The van der Waals surface area contributed by atoms with E-state index in [1.165, 1.54) is 18.7 Å². The van der Waals surface area contributed by atoms with E-state index in [-0.39, 0.29) is 5.91 Å². The number of benzene rings is 1. The average molecular weight is 370 g/mol. The van der Waals surface area contributed by atoms with Crippen LogP contribution < -0.4 is 5.32 Å². The zero-order valence-corrected chi connectivity index (χ0v) is 15.3. The van der Waals surface area contributed by atoms with Crippen molar-refractivity contribution in [2.75, 3.05) is 5.32 Å². The molecular weight excluding hydrogens is 352 g/mol. The Kier molecular flexibility index (Phi) is 4.46. The Morgan fingerprint density at radius 1 is 1.38 bits per heavy atom. The highest BCUT2D eigenvalue weighted by atomic mass is 32.2. The van der Waals surface area contributed by atoms with Crippen LogP contribution in [0.4, 0.5) is 5.69 Å². The molecule has 2 heterocycles. The van der Waals surface area contributed by atoms with Gasteiger partial charge in [-0.2, -0.15) is 4.98 Å². The van der Waals surface area contributed by atoms with Gasteiger partial charge in [0.05, 0.1) is 11.4 Å². The molecular formula is C17H18N6O2S. The van der Waals surface area contributed by atoms with Crippen LogP contribution in [-0.4, -0.2) is 30.8 Å². The summed E-state index contributed by atoms with van der Waals surface area (Å²) in [7, 11) is 0. The number of nitrogens with zero attached hydrogens (tertiary/aromatic N) is 5. The number of hydrogen-bond acceptors (Lipinski definition) is 7. The molecule has 0 radical (unpaired) electrons. The smallest absolute Gasteiger partial charge is 0.237 e. The monoisotopic (exact) mass is 370 g/mol. The summed E-state index contributed by atoms with van der Waals surface area (Å²) >= 11 is 1.50. The van der Waals surface area contributed by atoms with Crippen LogP contribution >= 0.6 is 11.8 Å². The Morgan fingerprint density at radius 2 is 2.23 bits per heavy atom. The Morgan fingerprint density at radius 3 is 2.92 bits per heavy atom. The Bertz CT molecular complexity index is 946.